The van der Waals surface area contributed by atoms with Crippen LogP contribution in [0.2, 0.25) is 10.0 Å². The number of carbonyl (C=O) groups excluding carboxylic acids is 1. The van der Waals surface area contributed by atoms with Gasteiger partial charge in [-0.3, -0.25) is 4.79 Å². The molecule has 2 rings (SSSR count). The molecule has 3 nitrogen and oxygen atoms in total. The van der Waals surface area contributed by atoms with E-state index in [2.05, 4.69) is 5.32 Å². The first-order valence-electron chi connectivity index (χ1n) is 6.68. The van der Waals surface area contributed by atoms with Gasteiger partial charge in [0.1, 0.15) is 0 Å². The first kappa shape index (κ1) is 15.4. The Kier molecular flexibility index (Phi) is 5.46. The van der Waals surface area contributed by atoms with E-state index < -0.39 is 6.10 Å². The van der Waals surface area contributed by atoms with E-state index in [1.54, 1.807) is 24.3 Å². The number of hydrogen-bond acceptors (Lipinski definition) is 2. The lowest BCUT2D eigenvalue weighted by atomic mass is 9.92. The van der Waals surface area contributed by atoms with Crippen molar-refractivity contribution in [2.75, 3.05) is 0 Å². The Morgan fingerprint density at radius 1 is 1.25 bits per heavy atom. The molecule has 1 aromatic carbocycles. The van der Waals surface area contributed by atoms with E-state index in [1.165, 1.54) is 6.08 Å². The smallest absolute Gasteiger partial charge is 0.244 e. The van der Waals surface area contributed by atoms with Crippen molar-refractivity contribution in [3.8, 4) is 0 Å². The van der Waals surface area contributed by atoms with Crippen LogP contribution in [-0.4, -0.2) is 23.2 Å². The fourth-order valence-electron chi connectivity index (χ4n) is 2.34. The third-order valence-corrected chi connectivity index (χ3v) is 4.12. The molecule has 108 valence electrons. The molecule has 2 atom stereocenters. The fraction of sp³-hybridized carbons (Fsp3) is 0.400. The lowest BCUT2D eigenvalue weighted by Crippen LogP contribution is -2.44. The van der Waals surface area contributed by atoms with Crippen molar-refractivity contribution in [2.24, 2.45) is 0 Å². The predicted octanol–water partition coefficient (Wildman–Crippen LogP) is 3.43. The summed E-state index contributed by atoms with van der Waals surface area (Å²) in [6.45, 7) is 0. The van der Waals surface area contributed by atoms with Crippen molar-refractivity contribution in [2.45, 2.75) is 37.8 Å². The number of rotatable bonds is 3. The molecule has 0 spiro atoms. The van der Waals surface area contributed by atoms with Crippen molar-refractivity contribution in [3.05, 3.63) is 39.9 Å². The largest absolute Gasteiger partial charge is 0.391 e. The minimum atomic E-state index is -0.454. The van der Waals surface area contributed by atoms with Gasteiger partial charge in [0.05, 0.1) is 12.1 Å². The van der Waals surface area contributed by atoms with Crippen LogP contribution in [0.5, 0.6) is 0 Å². The number of aliphatic hydroxyl groups excluding tert-OH is 1. The van der Waals surface area contributed by atoms with Crippen LogP contribution in [0.25, 0.3) is 6.08 Å². The van der Waals surface area contributed by atoms with Gasteiger partial charge in [-0.2, -0.15) is 0 Å². The third-order valence-electron chi connectivity index (χ3n) is 3.46. The van der Waals surface area contributed by atoms with E-state index in [1.807, 2.05) is 0 Å². The number of aliphatic hydroxyl groups is 1. The highest BCUT2D eigenvalue weighted by atomic mass is 35.5. The average Bonchev–Trinajstić information content (AvgIpc) is 2.41. The zero-order chi connectivity index (χ0) is 14.5. The second kappa shape index (κ2) is 7.11. The van der Waals surface area contributed by atoms with E-state index in [-0.39, 0.29) is 11.9 Å². The molecule has 20 heavy (non-hydrogen) atoms. The Bertz CT molecular complexity index is 496. The Labute approximate surface area is 128 Å². The molecular formula is C15H17Cl2NO2. The predicted molar refractivity (Wildman–Crippen MR) is 81.9 cm³/mol. The molecule has 5 heteroatoms. The van der Waals surface area contributed by atoms with Crippen molar-refractivity contribution in [3.63, 3.8) is 0 Å². The van der Waals surface area contributed by atoms with Gasteiger partial charge in [-0.25, -0.2) is 0 Å². The standard InChI is InChI=1S/C15H17Cl2NO2/c16-11-4-3-5-12(17)10(11)8-9-15(20)18-13-6-1-2-7-14(13)19/h3-5,8-9,13-14,19H,1-2,6-7H2,(H,18,20). The van der Waals surface area contributed by atoms with Crippen molar-refractivity contribution in [1.29, 1.82) is 0 Å². The molecule has 0 bridgehead atoms. The number of carbonyl (C=O) groups is 1. The van der Waals surface area contributed by atoms with E-state index in [4.69, 9.17) is 23.2 Å². The summed E-state index contributed by atoms with van der Waals surface area (Å²) in [5.41, 5.74) is 0.621. The minimum Gasteiger partial charge on any atom is -0.391 e. The number of hydrogen-bond donors (Lipinski definition) is 2. The van der Waals surface area contributed by atoms with E-state index in [0.29, 0.717) is 15.6 Å². The van der Waals surface area contributed by atoms with Crippen LogP contribution in [0, 0.1) is 0 Å². The summed E-state index contributed by atoms with van der Waals surface area (Å²) in [4.78, 5) is 11.9. The van der Waals surface area contributed by atoms with Crippen LogP contribution < -0.4 is 5.32 Å². The zero-order valence-corrected chi connectivity index (χ0v) is 12.5. The molecule has 1 aromatic rings. The molecule has 2 N–H and O–H groups in total. The molecule has 2 unspecified atom stereocenters. The molecule has 0 radical (unpaired) electrons. The number of amides is 1. The van der Waals surface area contributed by atoms with Gasteiger partial charge in [-0.05, 0) is 31.1 Å². The van der Waals surface area contributed by atoms with Crippen molar-refractivity contribution < 1.29 is 9.90 Å². The van der Waals surface area contributed by atoms with Gasteiger partial charge in [-0.15, -0.1) is 0 Å². The molecular weight excluding hydrogens is 297 g/mol. The number of benzene rings is 1. The Balaban J connectivity index is 1.99. The van der Waals surface area contributed by atoms with Crippen LogP contribution in [0.4, 0.5) is 0 Å². The maximum absolute atomic E-state index is 11.9. The number of halogens is 2. The normalized spacial score (nSPS) is 22.9. The summed E-state index contributed by atoms with van der Waals surface area (Å²) >= 11 is 12.0. The highest BCUT2D eigenvalue weighted by Gasteiger charge is 2.23. The molecule has 1 aliphatic carbocycles. The van der Waals surface area contributed by atoms with Crippen LogP contribution in [0.3, 0.4) is 0 Å². The molecule has 0 saturated heterocycles. The van der Waals surface area contributed by atoms with Crippen LogP contribution >= 0.6 is 23.2 Å². The molecule has 0 aliphatic heterocycles. The lowest BCUT2D eigenvalue weighted by molar-refractivity contribution is -0.118. The molecule has 0 heterocycles. The van der Waals surface area contributed by atoms with E-state index in [9.17, 15) is 9.90 Å². The van der Waals surface area contributed by atoms with Gasteiger partial charge in [0.25, 0.3) is 0 Å². The highest BCUT2D eigenvalue weighted by molar-refractivity contribution is 6.37. The fourth-order valence-corrected chi connectivity index (χ4v) is 2.86. The molecule has 1 fully saturated rings. The monoisotopic (exact) mass is 313 g/mol. The summed E-state index contributed by atoms with van der Waals surface area (Å²) in [5.74, 6) is -0.244. The third kappa shape index (κ3) is 3.98. The summed E-state index contributed by atoms with van der Waals surface area (Å²) < 4.78 is 0. The van der Waals surface area contributed by atoms with Gasteiger partial charge in [0.2, 0.25) is 5.91 Å². The first-order valence-corrected chi connectivity index (χ1v) is 7.44. The Morgan fingerprint density at radius 2 is 1.90 bits per heavy atom. The Morgan fingerprint density at radius 3 is 2.55 bits per heavy atom. The van der Waals surface area contributed by atoms with Crippen molar-refractivity contribution >= 4 is 35.2 Å². The SMILES string of the molecule is O=C(C=Cc1c(Cl)cccc1Cl)NC1CCCCC1O. The summed E-state index contributed by atoms with van der Waals surface area (Å²) in [6.07, 6.45) is 6.13. The maximum Gasteiger partial charge on any atom is 0.244 e. The first-order chi connectivity index (χ1) is 9.58. The van der Waals surface area contributed by atoms with Gasteiger partial charge in [0.15, 0.2) is 0 Å². The second-order valence-electron chi connectivity index (χ2n) is 4.94. The van der Waals surface area contributed by atoms with Crippen LogP contribution in [-0.2, 0) is 4.79 Å². The average molecular weight is 314 g/mol. The molecule has 1 amide bonds. The summed E-state index contributed by atoms with van der Waals surface area (Å²) in [6, 6.07) is 5.02. The molecule has 1 aliphatic rings. The van der Waals surface area contributed by atoms with E-state index >= 15 is 0 Å². The van der Waals surface area contributed by atoms with E-state index in [0.717, 1.165) is 25.7 Å². The lowest BCUT2D eigenvalue weighted by Gasteiger charge is -2.27. The van der Waals surface area contributed by atoms with Gasteiger partial charge in [0, 0.05) is 21.7 Å². The van der Waals surface area contributed by atoms with Crippen LogP contribution in [0.15, 0.2) is 24.3 Å². The summed E-state index contributed by atoms with van der Waals surface area (Å²) in [7, 11) is 0. The maximum atomic E-state index is 11.9. The minimum absolute atomic E-state index is 0.164. The second-order valence-corrected chi connectivity index (χ2v) is 5.75. The quantitative estimate of drug-likeness (QED) is 0.840. The van der Waals surface area contributed by atoms with Gasteiger partial charge >= 0.3 is 0 Å². The van der Waals surface area contributed by atoms with Crippen LogP contribution in [0.1, 0.15) is 31.2 Å². The van der Waals surface area contributed by atoms with Gasteiger partial charge in [-0.1, -0.05) is 42.1 Å². The van der Waals surface area contributed by atoms with Gasteiger partial charge < -0.3 is 10.4 Å². The Hall–Kier alpha value is -1.03. The summed E-state index contributed by atoms with van der Waals surface area (Å²) in [5, 5.41) is 13.6. The highest BCUT2D eigenvalue weighted by Crippen LogP contribution is 2.25. The number of nitrogens with one attached hydrogen (secondary N) is 1. The molecule has 0 aromatic heterocycles. The van der Waals surface area contributed by atoms with Crippen molar-refractivity contribution in [1.82, 2.24) is 5.32 Å². The molecule has 1 saturated carbocycles. The zero-order valence-electron chi connectivity index (χ0n) is 11.0. The topological polar surface area (TPSA) is 49.3 Å².